The molecular formula is C31H35N7O3. The molecular weight excluding hydrogens is 518 g/mol. The number of aryl methyl sites for hydroxylation is 1. The van der Waals surface area contributed by atoms with Crippen LogP contribution in [-0.4, -0.2) is 43.8 Å². The lowest BCUT2D eigenvalue weighted by Crippen LogP contribution is -2.31. The summed E-state index contributed by atoms with van der Waals surface area (Å²) in [5.74, 6) is 0.310. The molecule has 2 aromatic carbocycles. The molecule has 0 spiro atoms. The maximum absolute atomic E-state index is 13.6. The van der Waals surface area contributed by atoms with Gasteiger partial charge in [-0.3, -0.25) is 14.4 Å². The van der Waals surface area contributed by atoms with E-state index in [2.05, 4.69) is 30.9 Å². The van der Waals surface area contributed by atoms with Crippen LogP contribution < -0.4 is 16.6 Å². The molecule has 5 rings (SSSR count). The van der Waals surface area contributed by atoms with Crippen LogP contribution in [0, 0.1) is 24.7 Å². The van der Waals surface area contributed by atoms with Gasteiger partial charge >= 0.3 is 0 Å². The lowest BCUT2D eigenvalue weighted by Gasteiger charge is -2.27. The Kier molecular flexibility index (Phi) is 8.79. The van der Waals surface area contributed by atoms with Crippen LogP contribution in [-0.2, 0) is 16.0 Å². The zero-order valence-electron chi connectivity index (χ0n) is 23.1. The number of aromatic nitrogens is 5. The number of ketones is 1. The molecule has 0 aliphatic heterocycles. The Morgan fingerprint density at radius 2 is 1.80 bits per heavy atom. The third-order valence-corrected chi connectivity index (χ3v) is 8.05. The van der Waals surface area contributed by atoms with Gasteiger partial charge in [-0.15, -0.1) is 10.2 Å². The average molecular weight is 554 g/mol. The fraction of sp³-hybridized carbons (Fsp3) is 0.355. The lowest BCUT2D eigenvalue weighted by molar-refractivity contribution is -0.129. The predicted molar refractivity (Wildman–Crippen MR) is 157 cm³/mol. The standard InChI is InChI=1S/C31H35N7O3/c1-19-27(13-14-29(40)33-19)24-4-2-3-21(15-24)16-25(17-28(39)22-7-5-20(18-32)6-8-22)31(41)34-26-11-9-23(10-12-26)30-35-37-38-36-30/h2-4,9-15,20,22,25H,5-8,16-18,32H2,1H3,(H,33,40)(H,34,41)(H,35,36,37,38)/t20?,22?,25-/m1/s1. The molecule has 212 valence electrons. The van der Waals surface area contributed by atoms with Gasteiger partial charge in [0.1, 0.15) is 5.78 Å². The van der Waals surface area contributed by atoms with Crippen molar-refractivity contribution < 1.29 is 9.59 Å². The molecule has 2 aromatic heterocycles. The van der Waals surface area contributed by atoms with E-state index < -0.39 is 5.92 Å². The Morgan fingerprint density at radius 3 is 2.49 bits per heavy atom. The molecule has 2 heterocycles. The Hall–Kier alpha value is -4.44. The monoisotopic (exact) mass is 553 g/mol. The first-order chi connectivity index (χ1) is 19.9. The van der Waals surface area contributed by atoms with Crippen molar-refractivity contribution in [3.63, 3.8) is 0 Å². The molecule has 1 aliphatic rings. The number of amides is 1. The van der Waals surface area contributed by atoms with E-state index in [-0.39, 0.29) is 29.6 Å². The van der Waals surface area contributed by atoms with Crippen LogP contribution >= 0.6 is 0 Å². The van der Waals surface area contributed by atoms with E-state index in [4.69, 9.17) is 5.73 Å². The van der Waals surface area contributed by atoms with Crippen molar-refractivity contribution >= 4 is 17.4 Å². The Bertz CT molecular complexity index is 1540. The van der Waals surface area contributed by atoms with E-state index in [0.717, 1.165) is 53.6 Å². The van der Waals surface area contributed by atoms with Gasteiger partial charge in [-0.1, -0.05) is 24.3 Å². The van der Waals surface area contributed by atoms with Gasteiger partial charge in [0.05, 0.1) is 0 Å². The molecule has 41 heavy (non-hydrogen) atoms. The number of hydrogen-bond donors (Lipinski definition) is 4. The predicted octanol–water partition coefficient (Wildman–Crippen LogP) is 4.05. The zero-order valence-corrected chi connectivity index (χ0v) is 23.1. The lowest BCUT2D eigenvalue weighted by atomic mass is 9.77. The minimum absolute atomic E-state index is 0.0301. The molecule has 0 bridgehead atoms. The largest absolute Gasteiger partial charge is 0.330 e. The summed E-state index contributed by atoms with van der Waals surface area (Å²) < 4.78 is 0. The van der Waals surface area contributed by atoms with E-state index in [1.807, 2.05) is 43.3 Å². The van der Waals surface area contributed by atoms with Gasteiger partial charge < -0.3 is 16.0 Å². The maximum atomic E-state index is 13.6. The number of anilines is 1. The van der Waals surface area contributed by atoms with Crippen LogP contribution in [0.4, 0.5) is 5.69 Å². The summed E-state index contributed by atoms with van der Waals surface area (Å²) in [6, 6.07) is 18.4. The molecule has 0 saturated heterocycles. The van der Waals surface area contributed by atoms with Gasteiger partial charge in [0, 0.05) is 46.8 Å². The molecule has 1 atom stereocenters. The number of tetrazole rings is 1. The molecule has 0 radical (unpaired) electrons. The van der Waals surface area contributed by atoms with Gasteiger partial charge in [-0.2, -0.15) is 5.21 Å². The molecule has 1 saturated carbocycles. The molecule has 1 amide bonds. The fourth-order valence-electron chi connectivity index (χ4n) is 5.66. The molecule has 5 N–H and O–H groups in total. The smallest absolute Gasteiger partial charge is 0.248 e. The second-order valence-electron chi connectivity index (χ2n) is 10.9. The normalized spacial score (nSPS) is 17.6. The minimum atomic E-state index is -0.543. The van der Waals surface area contributed by atoms with Gasteiger partial charge in [0.15, 0.2) is 0 Å². The van der Waals surface area contributed by atoms with Crippen LogP contribution in [0.3, 0.4) is 0 Å². The molecule has 0 unspecified atom stereocenters. The Morgan fingerprint density at radius 1 is 1.02 bits per heavy atom. The van der Waals surface area contributed by atoms with Crippen molar-refractivity contribution in [2.24, 2.45) is 23.5 Å². The average Bonchev–Trinajstić information content (AvgIpc) is 3.52. The SMILES string of the molecule is Cc1[nH]c(=O)ccc1-c1cccc(C[C@H](CC(=O)C2CCC(CN)CC2)C(=O)Nc2ccc(-c3nn[nH]n3)cc2)c1. The number of nitrogens with zero attached hydrogens (tertiary/aromatic N) is 3. The zero-order chi connectivity index (χ0) is 28.8. The van der Waals surface area contributed by atoms with Crippen molar-refractivity contribution in [1.29, 1.82) is 0 Å². The van der Waals surface area contributed by atoms with Crippen LogP contribution in [0.1, 0.15) is 43.4 Å². The maximum Gasteiger partial charge on any atom is 0.248 e. The third kappa shape index (κ3) is 7.01. The summed E-state index contributed by atoms with van der Waals surface area (Å²) >= 11 is 0. The van der Waals surface area contributed by atoms with Crippen LogP contribution in [0.25, 0.3) is 22.5 Å². The number of nitrogens with one attached hydrogen (secondary N) is 3. The summed E-state index contributed by atoms with van der Waals surface area (Å²) in [6.07, 6.45) is 4.15. The second kappa shape index (κ2) is 12.8. The highest BCUT2D eigenvalue weighted by atomic mass is 16.2. The quantitative estimate of drug-likeness (QED) is 0.230. The number of aromatic amines is 2. The van der Waals surface area contributed by atoms with E-state index in [9.17, 15) is 14.4 Å². The summed E-state index contributed by atoms with van der Waals surface area (Å²) in [5, 5.41) is 17.0. The Balaban J connectivity index is 1.35. The van der Waals surface area contributed by atoms with E-state index in [1.54, 1.807) is 18.2 Å². The van der Waals surface area contributed by atoms with E-state index in [1.165, 1.54) is 6.07 Å². The van der Waals surface area contributed by atoms with Crippen LogP contribution in [0.5, 0.6) is 0 Å². The summed E-state index contributed by atoms with van der Waals surface area (Å²) in [7, 11) is 0. The van der Waals surface area contributed by atoms with Gasteiger partial charge in [0.2, 0.25) is 17.3 Å². The first kappa shape index (κ1) is 28.1. The highest BCUT2D eigenvalue weighted by Crippen LogP contribution is 2.31. The number of H-pyrrole nitrogens is 2. The third-order valence-electron chi connectivity index (χ3n) is 8.05. The van der Waals surface area contributed by atoms with Gasteiger partial charge in [-0.25, -0.2) is 0 Å². The molecule has 1 fully saturated rings. The number of carbonyl (C=O) groups excluding carboxylic acids is 2. The van der Waals surface area contributed by atoms with Gasteiger partial charge in [0.25, 0.3) is 0 Å². The first-order valence-electron chi connectivity index (χ1n) is 14.1. The highest BCUT2D eigenvalue weighted by Gasteiger charge is 2.30. The number of carbonyl (C=O) groups is 2. The molecule has 4 aromatic rings. The van der Waals surface area contributed by atoms with Gasteiger partial charge in [-0.05, 0) is 98.2 Å². The van der Waals surface area contributed by atoms with E-state index in [0.29, 0.717) is 30.4 Å². The topological polar surface area (TPSA) is 160 Å². The van der Waals surface area contributed by atoms with E-state index >= 15 is 0 Å². The van der Waals surface area contributed by atoms with Crippen molar-refractivity contribution in [1.82, 2.24) is 25.6 Å². The second-order valence-corrected chi connectivity index (χ2v) is 10.9. The number of nitrogens with two attached hydrogens (primary N) is 1. The highest BCUT2D eigenvalue weighted by molar-refractivity contribution is 5.96. The fourth-order valence-corrected chi connectivity index (χ4v) is 5.66. The minimum Gasteiger partial charge on any atom is -0.330 e. The molecule has 10 nitrogen and oxygen atoms in total. The summed E-state index contributed by atoms with van der Waals surface area (Å²) in [6.45, 7) is 2.52. The van der Waals surface area contributed by atoms with Crippen molar-refractivity contribution in [2.45, 2.75) is 45.4 Å². The van der Waals surface area contributed by atoms with Crippen LogP contribution in [0.15, 0.2) is 65.5 Å². The number of Topliss-reactive ketones (excluding diaryl/α,β-unsaturated/α-hetero) is 1. The van der Waals surface area contributed by atoms with Crippen LogP contribution in [0.2, 0.25) is 0 Å². The number of hydrogen-bond acceptors (Lipinski definition) is 7. The van der Waals surface area contributed by atoms with Crippen molar-refractivity contribution in [3.05, 3.63) is 82.3 Å². The summed E-state index contributed by atoms with van der Waals surface area (Å²) in [5.41, 5.74) is 10.7. The van der Waals surface area contributed by atoms with Crippen molar-refractivity contribution in [3.8, 4) is 22.5 Å². The first-order valence-corrected chi connectivity index (χ1v) is 14.1. The number of benzene rings is 2. The molecule has 10 heteroatoms. The number of pyridine rings is 1. The Labute approximate surface area is 238 Å². The summed E-state index contributed by atoms with van der Waals surface area (Å²) in [4.78, 5) is 41.6. The number of rotatable bonds is 10. The molecule has 1 aliphatic carbocycles. The van der Waals surface area contributed by atoms with Crippen molar-refractivity contribution in [2.75, 3.05) is 11.9 Å².